The van der Waals surface area contributed by atoms with Gasteiger partial charge in [-0.3, -0.25) is 4.98 Å². The van der Waals surface area contributed by atoms with Gasteiger partial charge < -0.3 is 10.6 Å². The molecule has 2 aromatic rings. The largest absolute Gasteiger partial charge is 0.368 e. The lowest BCUT2D eigenvalue weighted by atomic mass is 10.1. The summed E-state index contributed by atoms with van der Waals surface area (Å²) in [6.07, 6.45) is 7.10. The van der Waals surface area contributed by atoms with Gasteiger partial charge in [0.05, 0.1) is 24.1 Å². The summed E-state index contributed by atoms with van der Waals surface area (Å²) in [5.74, 6) is 0.850. The first kappa shape index (κ1) is 13.1. The van der Waals surface area contributed by atoms with Crippen LogP contribution in [0.15, 0.2) is 42.7 Å². The van der Waals surface area contributed by atoms with Gasteiger partial charge in [0.25, 0.3) is 0 Å². The second kappa shape index (κ2) is 6.48. The molecule has 1 fully saturated rings. The molecule has 4 heteroatoms. The normalized spacial score (nSPS) is 18.1. The molecule has 0 radical (unpaired) electrons. The quantitative estimate of drug-likeness (QED) is 0.875. The molecular weight excluding hydrogens is 248 g/mol. The van der Waals surface area contributed by atoms with Gasteiger partial charge in [0.2, 0.25) is 0 Å². The Morgan fingerprint density at radius 2 is 2.05 bits per heavy atom. The summed E-state index contributed by atoms with van der Waals surface area (Å²) in [6.45, 7) is 1.96. The van der Waals surface area contributed by atoms with Gasteiger partial charge in [-0.1, -0.05) is 30.3 Å². The molecule has 1 saturated heterocycles. The minimum atomic E-state index is 0.390. The van der Waals surface area contributed by atoms with E-state index in [4.69, 9.17) is 0 Å². The third-order valence-corrected chi connectivity index (χ3v) is 3.65. The molecule has 2 heterocycles. The Balaban J connectivity index is 1.50. The highest BCUT2D eigenvalue weighted by molar-refractivity contribution is 5.32. The van der Waals surface area contributed by atoms with Crippen molar-refractivity contribution in [2.45, 2.75) is 25.3 Å². The van der Waals surface area contributed by atoms with Gasteiger partial charge in [-0.2, -0.15) is 0 Å². The molecule has 20 heavy (non-hydrogen) atoms. The first-order chi connectivity index (χ1) is 9.92. The van der Waals surface area contributed by atoms with Gasteiger partial charge in [0.15, 0.2) is 0 Å². The van der Waals surface area contributed by atoms with Gasteiger partial charge >= 0.3 is 0 Å². The molecule has 0 amide bonds. The van der Waals surface area contributed by atoms with Gasteiger partial charge in [-0.25, -0.2) is 4.98 Å². The van der Waals surface area contributed by atoms with E-state index in [1.807, 2.05) is 18.5 Å². The highest BCUT2D eigenvalue weighted by atomic mass is 15.0. The highest BCUT2D eigenvalue weighted by Crippen LogP contribution is 2.20. The summed E-state index contributed by atoms with van der Waals surface area (Å²) >= 11 is 0. The molecule has 0 spiro atoms. The van der Waals surface area contributed by atoms with E-state index in [1.165, 1.54) is 12.0 Å². The van der Waals surface area contributed by atoms with E-state index in [0.717, 1.165) is 37.4 Å². The fourth-order valence-corrected chi connectivity index (χ4v) is 2.53. The van der Waals surface area contributed by atoms with Gasteiger partial charge in [0, 0.05) is 6.54 Å². The smallest absolute Gasteiger partial charge is 0.144 e. The Morgan fingerprint density at radius 1 is 1.15 bits per heavy atom. The number of rotatable bonds is 5. The third-order valence-electron chi connectivity index (χ3n) is 3.65. The lowest BCUT2D eigenvalue weighted by Crippen LogP contribution is -2.15. The molecule has 104 valence electrons. The molecule has 0 saturated carbocycles. The van der Waals surface area contributed by atoms with Crippen LogP contribution in [0.1, 0.15) is 30.1 Å². The molecule has 0 bridgehead atoms. The number of hydrogen-bond donors (Lipinski definition) is 2. The van der Waals surface area contributed by atoms with Crippen LogP contribution in [0.3, 0.4) is 0 Å². The maximum atomic E-state index is 4.50. The maximum absolute atomic E-state index is 4.50. The standard InChI is InChI=1S/C16H20N4/c1-2-5-13(6-3-1)8-10-18-16-12-19-15(11-20-16)14-7-4-9-17-14/h1-3,5-6,11-12,14,17H,4,7-10H2,(H,18,20). The highest BCUT2D eigenvalue weighted by Gasteiger charge is 2.17. The van der Waals surface area contributed by atoms with Crippen molar-refractivity contribution in [2.24, 2.45) is 0 Å². The summed E-state index contributed by atoms with van der Waals surface area (Å²) in [5.41, 5.74) is 2.39. The SMILES string of the molecule is c1ccc(CCNc2cnc(C3CCCN3)cn2)cc1. The van der Waals surface area contributed by atoms with Crippen LogP contribution < -0.4 is 10.6 Å². The predicted molar refractivity (Wildman–Crippen MR) is 80.6 cm³/mol. The second-order valence-electron chi connectivity index (χ2n) is 5.14. The fraction of sp³-hybridized carbons (Fsp3) is 0.375. The van der Waals surface area contributed by atoms with Crippen molar-refractivity contribution in [3.8, 4) is 0 Å². The van der Waals surface area contributed by atoms with E-state index in [2.05, 4.69) is 44.9 Å². The second-order valence-corrected chi connectivity index (χ2v) is 5.14. The first-order valence-electron chi connectivity index (χ1n) is 7.25. The average molecular weight is 268 g/mol. The summed E-state index contributed by atoms with van der Waals surface area (Å²) in [6, 6.07) is 10.8. The zero-order chi connectivity index (χ0) is 13.6. The van der Waals surface area contributed by atoms with E-state index in [0.29, 0.717) is 6.04 Å². The first-order valence-corrected chi connectivity index (χ1v) is 7.25. The lowest BCUT2D eigenvalue weighted by molar-refractivity contribution is 0.624. The minimum absolute atomic E-state index is 0.390. The molecular formula is C16H20N4. The van der Waals surface area contributed by atoms with Crippen LogP contribution >= 0.6 is 0 Å². The van der Waals surface area contributed by atoms with Crippen LogP contribution in [0.2, 0.25) is 0 Å². The van der Waals surface area contributed by atoms with Crippen LogP contribution in [0, 0.1) is 0 Å². The van der Waals surface area contributed by atoms with Crippen molar-refractivity contribution < 1.29 is 0 Å². The Hall–Kier alpha value is -1.94. The zero-order valence-corrected chi connectivity index (χ0v) is 11.5. The van der Waals surface area contributed by atoms with Crippen LogP contribution in [-0.2, 0) is 6.42 Å². The van der Waals surface area contributed by atoms with Crippen molar-refractivity contribution >= 4 is 5.82 Å². The van der Waals surface area contributed by atoms with Crippen LogP contribution in [0.5, 0.6) is 0 Å². The number of benzene rings is 1. The Bertz CT molecular complexity index is 518. The third kappa shape index (κ3) is 3.33. The number of nitrogens with zero attached hydrogens (tertiary/aromatic N) is 2. The van der Waals surface area contributed by atoms with Gasteiger partial charge in [0.1, 0.15) is 5.82 Å². The summed E-state index contributed by atoms with van der Waals surface area (Å²) in [5, 5.41) is 6.75. The van der Waals surface area contributed by atoms with Gasteiger partial charge in [-0.05, 0) is 31.4 Å². The number of hydrogen-bond acceptors (Lipinski definition) is 4. The monoisotopic (exact) mass is 268 g/mol. The number of nitrogens with one attached hydrogen (secondary N) is 2. The van der Waals surface area contributed by atoms with Crippen LogP contribution in [0.25, 0.3) is 0 Å². The minimum Gasteiger partial charge on any atom is -0.368 e. The molecule has 1 aromatic heterocycles. The fourth-order valence-electron chi connectivity index (χ4n) is 2.53. The summed E-state index contributed by atoms with van der Waals surface area (Å²) < 4.78 is 0. The molecule has 1 aromatic carbocycles. The van der Waals surface area contributed by atoms with E-state index < -0.39 is 0 Å². The maximum Gasteiger partial charge on any atom is 0.144 e. The topological polar surface area (TPSA) is 49.8 Å². The van der Waals surface area contributed by atoms with Gasteiger partial charge in [-0.15, -0.1) is 0 Å². The van der Waals surface area contributed by atoms with E-state index in [1.54, 1.807) is 0 Å². The molecule has 2 N–H and O–H groups in total. The Labute approximate surface area is 119 Å². The van der Waals surface area contributed by atoms with Crippen molar-refractivity contribution in [3.05, 3.63) is 54.0 Å². The van der Waals surface area contributed by atoms with E-state index in [-0.39, 0.29) is 0 Å². The zero-order valence-electron chi connectivity index (χ0n) is 11.5. The Kier molecular flexibility index (Phi) is 4.23. The predicted octanol–water partition coefficient (Wildman–Crippen LogP) is 2.56. The van der Waals surface area contributed by atoms with Crippen LogP contribution in [0.4, 0.5) is 5.82 Å². The molecule has 0 aliphatic carbocycles. The van der Waals surface area contributed by atoms with E-state index in [9.17, 15) is 0 Å². The molecule has 1 unspecified atom stereocenters. The van der Waals surface area contributed by atoms with Crippen molar-refractivity contribution in [1.29, 1.82) is 0 Å². The van der Waals surface area contributed by atoms with E-state index >= 15 is 0 Å². The Morgan fingerprint density at radius 3 is 2.75 bits per heavy atom. The molecule has 1 aliphatic rings. The number of anilines is 1. The average Bonchev–Trinajstić information content (AvgIpc) is 3.03. The van der Waals surface area contributed by atoms with Crippen LogP contribution in [-0.4, -0.2) is 23.1 Å². The summed E-state index contributed by atoms with van der Waals surface area (Å²) in [4.78, 5) is 8.94. The number of aromatic nitrogens is 2. The summed E-state index contributed by atoms with van der Waals surface area (Å²) in [7, 11) is 0. The molecule has 3 rings (SSSR count). The molecule has 1 aliphatic heterocycles. The molecule has 1 atom stereocenters. The lowest BCUT2D eigenvalue weighted by Gasteiger charge is -2.10. The van der Waals surface area contributed by atoms with Crippen molar-refractivity contribution in [2.75, 3.05) is 18.4 Å². The van der Waals surface area contributed by atoms with Crippen molar-refractivity contribution in [3.63, 3.8) is 0 Å². The van der Waals surface area contributed by atoms with Crippen molar-refractivity contribution in [1.82, 2.24) is 15.3 Å². The molecule has 4 nitrogen and oxygen atoms in total.